The Labute approximate surface area is 135 Å². The van der Waals surface area contributed by atoms with Gasteiger partial charge in [0, 0.05) is 3.57 Å². The van der Waals surface area contributed by atoms with Crippen molar-refractivity contribution < 1.29 is 0 Å². The first-order valence-corrected chi connectivity index (χ1v) is 8.00. The quantitative estimate of drug-likeness (QED) is 0.740. The van der Waals surface area contributed by atoms with E-state index in [4.69, 9.17) is 5.73 Å². The lowest BCUT2D eigenvalue weighted by atomic mass is 9.84. The van der Waals surface area contributed by atoms with Crippen molar-refractivity contribution >= 4 is 22.6 Å². The van der Waals surface area contributed by atoms with Gasteiger partial charge in [0.15, 0.2) is 0 Å². The van der Waals surface area contributed by atoms with Gasteiger partial charge in [0.05, 0.1) is 6.04 Å². The van der Waals surface area contributed by atoms with Crippen molar-refractivity contribution in [3.8, 4) is 0 Å². The molecule has 2 rings (SSSR count). The van der Waals surface area contributed by atoms with Crippen LogP contribution in [0.5, 0.6) is 0 Å². The van der Waals surface area contributed by atoms with Crippen LogP contribution >= 0.6 is 22.6 Å². The maximum Gasteiger partial charge on any atom is 0.0557 e. The minimum Gasteiger partial charge on any atom is -0.320 e. The van der Waals surface area contributed by atoms with E-state index in [1.54, 1.807) is 0 Å². The third-order valence-corrected chi connectivity index (χ3v) is 5.32. The molecular weight excluding hydrogens is 357 g/mol. The zero-order chi connectivity index (χ0) is 15.0. The van der Waals surface area contributed by atoms with Crippen LogP contribution in [-0.2, 0) is 0 Å². The molecule has 2 aromatic carbocycles. The van der Waals surface area contributed by atoms with Gasteiger partial charge in [0.1, 0.15) is 0 Å². The average Bonchev–Trinajstić information content (AvgIpc) is 2.44. The van der Waals surface area contributed by atoms with Crippen molar-refractivity contribution in [3.63, 3.8) is 0 Å². The first-order valence-electron chi connectivity index (χ1n) is 6.92. The SMILES string of the molecule is Cc1c(C)c(C)c(C(N)c2ccc(I)cc2)c(C)c1C. The summed E-state index contributed by atoms with van der Waals surface area (Å²) in [7, 11) is 0. The van der Waals surface area contributed by atoms with Crippen molar-refractivity contribution in [3.05, 3.63) is 66.8 Å². The lowest BCUT2D eigenvalue weighted by molar-refractivity contribution is 0.842. The van der Waals surface area contributed by atoms with E-state index in [0.717, 1.165) is 0 Å². The molecule has 2 N–H and O–H groups in total. The van der Waals surface area contributed by atoms with Gasteiger partial charge in [0.25, 0.3) is 0 Å². The molecular formula is C18H22IN. The Morgan fingerprint density at radius 3 is 1.60 bits per heavy atom. The van der Waals surface area contributed by atoms with Crippen LogP contribution in [0.25, 0.3) is 0 Å². The van der Waals surface area contributed by atoms with E-state index >= 15 is 0 Å². The molecule has 0 heterocycles. The number of benzene rings is 2. The van der Waals surface area contributed by atoms with E-state index in [1.165, 1.54) is 42.5 Å². The van der Waals surface area contributed by atoms with Crippen LogP contribution in [0.3, 0.4) is 0 Å². The van der Waals surface area contributed by atoms with Gasteiger partial charge >= 0.3 is 0 Å². The lowest BCUT2D eigenvalue weighted by Crippen LogP contribution is -2.17. The fourth-order valence-electron chi connectivity index (χ4n) is 2.83. The van der Waals surface area contributed by atoms with Crippen molar-refractivity contribution in [2.45, 2.75) is 40.7 Å². The zero-order valence-corrected chi connectivity index (χ0v) is 15.0. The molecule has 0 fully saturated rings. The molecule has 0 bridgehead atoms. The van der Waals surface area contributed by atoms with Crippen LogP contribution in [0.4, 0.5) is 0 Å². The van der Waals surface area contributed by atoms with Gasteiger partial charge in [-0.2, -0.15) is 0 Å². The molecule has 0 saturated heterocycles. The van der Waals surface area contributed by atoms with Gasteiger partial charge in [-0.05, 0) is 108 Å². The zero-order valence-electron chi connectivity index (χ0n) is 12.8. The summed E-state index contributed by atoms with van der Waals surface area (Å²) in [5, 5.41) is 0. The summed E-state index contributed by atoms with van der Waals surface area (Å²) in [6.07, 6.45) is 0. The topological polar surface area (TPSA) is 26.0 Å². The number of hydrogen-bond acceptors (Lipinski definition) is 1. The normalized spacial score (nSPS) is 12.6. The van der Waals surface area contributed by atoms with Gasteiger partial charge in [-0.15, -0.1) is 0 Å². The molecule has 2 heteroatoms. The Hall–Kier alpha value is -0.870. The third kappa shape index (κ3) is 2.63. The first kappa shape index (κ1) is 15.5. The summed E-state index contributed by atoms with van der Waals surface area (Å²) in [6, 6.07) is 8.46. The maximum absolute atomic E-state index is 6.55. The Morgan fingerprint density at radius 1 is 0.750 bits per heavy atom. The van der Waals surface area contributed by atoms with Crippen LogP contribution in [0, 0.1) is 38.2 Å². The van der Waals surface area contributed by atoms with Crippen molar-refractivity contribution in [2.75, 3.05) is 0 Å². The number of hydrogen-bond donors (Lipinski definition) is 1. The molecule has 20 heavy (non-hydrogen) atoms. The van der Waals surface area contributed by atoms with Gasteiger partial charge < -0.3 is 5.73 Å². The van der Waals surface area contributed by atoms with Gasteiger partial charge in [0.2, 0.25) is 0 Å². The predicted molar refractivity (Wildman–Crippen MR) is 95.3 cm³/mol. The molecule has 0 amide bonds. The van der Waals surface area contributed by atoms with E-state index in [1.807, 2.05) is 0 Å². The molecule has 0 saturated carbocycles. The summed E-state index contributed by atoms with van der Waals surface area (Å²) in [6.45, 7) is 11.0. The van der Waals surface area contributed by atoms with Crippen LogP contribution in [0.1, 0.15) is 45.0 Å². The Bertz CT molecular complexity index is 612. The molecule has 0 aliphatic carbocycles. The lowest BCUT2D eigenvalue weighted by Gasteiger charge is -2.23. The second-order valence-electron chi connectivity index (χ2n) is 5.57. The molecule has 106 valence electrons. The van der Waals surface area contributed by atoms with E-state index in [-0.39, 0.29) is 6.04 Å². The minimum absolute atomic E-state index is 0.0509. The fraction of sp³-hybridized carbons (Fsp3) is 0.333. The van der Waals surface area contributed by atoms with E-state index < -0.39 is 0 Å². The largest absolute Gasteiger partial charge is 0.320 e. The van der Waals surface area contributed by atoms with Crippen molar-refractivity contribution in [2.24, 2.45) is 5.73 Å². The van der Waals surface area contributed by atoms with E-state index in [9.17, 15) is 0 Å². The molecule has 0 spiro atoms. The highest BCUT2D eigenvalue weighted by atomic mass is 127. The molecule has 0 radical (unpaired) electrons. The number of halogens is 1. The van der Waals surface area contributed by atoms with Crippen molar-refractivity contribution in [1.82, 2.24) is 0 Å². The monoisotopic (exact) mass is 379 g/mol. The third-order valence-electron chi connectivity index (χ3n) is 4.60. The molecule has 0 aromatic heterocycles. The number of nitrogens with two attached hydrogens (primary N) is 1. The molecule has 2 aromatic rings. The highest BCUT2D eigenvalue weighted by molar-refractivity contribution is 14.1. The Morgan fingerprint density at radius 2 is 1.15 bits per heavy atom. The number of rotatable bonds is 2. The molecule has 1 atom stereocenters. The predicted octanol–water partition coefficient (Wildman–Crippen LogP) is 4.88. The molecule has 1 unspecified atom stereocenters. The molecule has 1 nitrogen and oxygen atoms in total. The summed E-state index contributed by atoms with van der Waals surface area (Å²) in [5.41, 5.74) is 15.8. The fourth-order valence-corrected chi connectivity index (χ4v) is 3.19. The summed E-state index contributed by atoms with van der Waals surface area (Å²) < 4.78 is 1.24. The Balaban J connectivity index is 2.60. The van der Waals surface area contributed by atoms with Crippen molar-refractivity contribution in [1.29, 1.82) is 0 Å². The summed E-state index contributed by atoms with van der Waals surface area (Å²) >= 11 is 2.32. The highest BCUT2D eigenvalue weighted by Crippen LogP contribution is 2.32. The van der Waals surface area contributed by atoms with E-state index in [2.05, 4.69) is 81.5 Å². The summed E-state index contributed by atoms with van der Waals surface area (Å²) in [4.78, 5) is 0. The standard InChI is InChI=1S/C18H22IN/c1-10-11(2)13(4)17(14(5)12(10)3)18(20)15-6-8-16(19)9-7-15/h6-9,18H,20H2,1-5H3. The smallest absolute Gasteiger partial charge is 0.0557 e. The van der Waals surface area contributed by atoms with Crippen LogP contribution in [0.15, 0.2) is 24.3 Å². The van der Waals surface area contributed by atoms with E-state index in [0.29, 0.717) is 0 Å². The second-order valence-corrected chi connectivity index (χ2v) is 6.81. The Kier molecular flexibility index (Phi) is 4.55. The maximum atomic E-state index is 6.55. The molecule has 0 aliphatic rings. The molecule has 0 aliphatic heterocycles. The average molecular weight is 379 g/mol. The highest BCUT2D eigenvalue weighted by Gasteiger charge is 2.18. The van der Waals surface area contributed by atoms with Crippen LogP contribution in [0.2, 0.25) is 0 Å². The first-order chi connectivity index (χ1) is 9.34. The summed E-state index contributed by atoms with van der Waals surface area (Å²) in [5.74, 6) is 0. The van der Waals surface area contributed by atoms with Gasteiger partial charge in [-0.3, -0.25) is 0 Å². The van der Waals surface area contributed by atoms with Crippen LogP contribution < -0.4 is 5.73 Å². The second kappa shape index (κ2) is 5.86. The van der Waals surface area contributed by atoms with Crippen LogP contribution in [-0.4, -0.2) is 0 Å². The minimum atomic E-state index is -0.0509. The van der Waals surface area contributed by atoms with Gasteiger partial charge in [-0.25, -0.2) is 0 Å². The van der Waals surface area contributed by atoms with Gasteiger partial charge in [-0.1, -0.05) is 12.1 Å².